The average molecular weight is 276 g/mol. The van der Waals surface area contributed by atoms with Gasteiger partial charge in [-0.2, -0.15) is 0 Å². The lowest BCUT2D eigenvalue weighted by Crippen LogP contribution is -2.02. The molecule has 2 rings (SSSR count). The molecule has 0 radical (unpaired) electrons. The number of nitrogens with zero attached hydrogens (tertiary/aromatic N) is 1. The molecule has 1 N–H and O–H groups in total. The Morgan fingerprint density at radius 1 is 1.37 bits per heavy atom. The maximum atomic E-state index is 11.2. The maximum absolute atomic E-state index is 11.2. The molecule has 0 amide bonds. The molecular weight excluding hydrogens is 260 g/mol. The number of carbonyl (C=O) groups is 1. The molecule has 2 aromatic heterocycles. The smallest absolute Gasteiger partial charge is 0.310 e. The number of pyridine rings is 1. The minimum absolute atomic E-state index is 0.204. The number of aromatic nitrogens is 1. The van der Waals surface area contributed by atoms with E-state index in [0.29, 0.717) is 6.42 Å². The molecule has 100 valence electrons. The highest BCUT2D eigenvalue weighted by Crippen LogP contribution is 2.19. The number of ether oxygens (including phenoxy) is 1. The third-order valence-electron chi connectivity index (χ3n) is 2.61. The molecule has 0 aliphatic carbocycles. The average Bonchev–Trinajstić information content (AvgIpc) is 2.84. The van der Waals surface area contributed by atoms with E-state index >= 15 is 0 Å². The van der Waals surface area contributed by atoms with Crippen LogP contribution in [-0.2, 0) is 22.5 Å². The van der Waals surface area contributed by atoms with Crippen LogP contribution >= 0.6 is 11.3 Å². The van der Waals surface area contributed by atoms with Crippen LogP contribution in [0.4, 0.5) is 5.69 Å². The second-order valence-corrected chi connectivity index (χ2v) is 5.48. The van der Waals surface area contributed by atoms with Gasteiger partial charge in [-0.3, -0.25) is 9.78 Å². The van der Waals surface area contributed by atoms with E-state index in [0.717, 1.165) is 22.7 Å². The molecule has 0 unspecified atom stereocenters. The van der Waals surface area contributed by atoms with Crippen molar-refractivity contribution in [1.82, 2.24) is 4.98 Å². The third kappa shape index (κ3) is 4.06. The summed E-state index contributed by atoms with van der Waals surface area (Å²) < 4.78 is 4.65. The summed E-state index contributed by atoms with van der Waals surface area (Å²) in [5, 5.41) is 3.31. The lowest BCUT2D eigenvalue weighted by Gasteiger charge is -2.04. The molecule has 5 heteroatoms. The van der Waals surface area contributed by atoms with Crippen molar-refractivity contribution in [2.75, 3.05) is 12.4 Å². The van der Waals surface area contributed by atoms with Gasteiger partial charge < -0.3 is 10.1 Å². The molecule has 0 bridgehead atoms. The van der Waals surface area contributed by atoms with Crippen LogP contribution in [0.1, 0.15) is 15.3 Å². The van der Waals surface area contributed by atoms with Crippen LogP contribution in [0.3, 0.4) is 0 Å². The zero-order chi connectivity index (χ0) is 13.7. The standard InChI is InChI=1S/C14H16N2O2S/c1-10-5-11(8-15-7-10)16-9-13-4-3-12(19-13)6-14(17)18-2/h3-5,7-8,16H,6,9H2,1-2H3. The van der Waals surface area contributed by atoms with E-state index in [1.807, 2.05) is 25.3 Å². The first kappa shape index (κ1) is 13.5. The van der Waals surface area contributed by atoms with E-state index in [1.54, 1.807) is 17.5 Å². The Labute approximate surface area is 116 Å². The van der Waals surface area contributed by atoms with Gasteiger partial charge >= 0.3 is 5.97 Å². The van der Waals surface area contributed by atoms with Gasteiger partial charge in [-0.25, -0.2) is 0 Å². The van der Waals surface area contributed by atoms with Crippen molar-refractivity contribution in [3.05, 3.63) is 45.9 Å². The van der Waals surface area contributed by atoms with E-state index in [1.165, 1.54) is 12.0 Å². The van der Waals surface area contributed by atoms with E-state index < -0.39 is 0 Å². The normalized spacial score (nSPS) is 10.2. The molecule has 0 aliphatic heterocycles. The lowest BCUT2D eigenvalue weighted by atomic mass is 10.3. The van der Waals surface area contributed by atoms with Gasteiger partial charge in [0.25, 0.3) is 0 Å². The van der Waals surface area contributed by atoms with Crippen LogP contribution in [0.15, 0.2) is 30.6 Å². The van der Waals surface area contributed by atoms with Crippen molar-refractivity contribution in [1.29, 1.82) is 0 Å². The second-order valence-electron chi connectivity index (χ2n) is 4.23. The van der Waals surface area contributed by atoms with Crippen molar-refractivity contribution in [3.63, 3.8) is 0 Å². The highest BCUT2D eigenvalue weighted by Gasteiger charge is 2.06. The van der Waals surface area contributed by atoms with Crippen LogP contribution in [0.2, 0.25) is 0 Å². The van der Waals surface area contributed by atoms with Gasteiger partial charge in [0.15, 0.2) is 0 Å². The van der Waals surface area contributed by atoms with Gasteiger partial charge in [-0.05, 0) is 30.7 Å². The summed E-state index contributed by atoms with van der Waals surface area (Å²) in [7, 11) is 1.41. The fourth-order valence-corrected chi connectivity index (χ4v) is 2.61. The van der Waals surface area contributed by atoms with E-state index in [2.05, 4.69) is 21.1 Å². The Kier molecular flexibility index (Phi) is 4.52. The van der Waals surface area contributed by atoms with Crippen molar-refractivity contribution in [2.24, 2.45) is 0 Å². The SMILES string of the molecule is COC(=O)Cc1ccc(CNc2cncc(C)c2)s1. The van der Waals surface area contributed by atoms with Crippen LogP contribution in [0, 0.1) is 6.92 Å². The molecule has 0 spiro atoms. The first-order valence-corrected chi connectivity index (χ1v) is 6.79. The first-order chi connectivity index (χ1) is 9.17. The number of methoxy groups -OCH3 is 1. The minimum atomic E-state index is -0.204. The zero-order valence-electron chi connectivity index (χ0n) is 11.0. The molecule has 0 aromatic carbocycles. The fourth-order valence-electron chi connectivity index (χ4n) is 1.67. The number of hydrogen-bond acceptors (Lipinski definition) is 5. The van der Waals surface area contributed by atoms with Gasteiger partial charge in [0, 0.05) is 28.7 Å². The summed E-state index contributed by atoms with van der Waals surface area (Å²) in [6, 6.07) is 6.04. The van der Waals surface area contributed by atoms with Crippen molar-refractivity contribution >= 4 is 23.0 Å². The van der Waals surface area contributed by atoms with Crippen molar-refractivity contribution < 1.29 is 9.53 Å². The second kappa shape index (κ2) is 6.33. The Morgan fingerprint density at radius 2 is 2.16 bits per heavy atom. The number of nitrogens with one attached hydrogen (secondary N) is 1. The summed E-state index contributed by atoms with van der Waals surface area (Å²) in [5.41, 5.74) is 2.13. The summed E-state index contributed by atoms with van der Waals surface area (Å²) >= 11 is 1.62. The maximum Gasteiger partial charge on any atom is 0.310 e. The number of anilines is 1. The number of hydrogen-bond donors (Lipinski definition) is 1. The monoisotopic (exact) mass is 276 g/mol. The fraction of sp³-hybridized carbons (Fsp3) is 0.286. The predicted octanol–water partition coefficient (Wildman–Crippen LogP) is 2.78. The zero-order valence-corrected chi connectivity index (χ0v) is 11.8. The molecule has 0 atom stereocenters. The number of thiophene rings is 1. The number of esters is 1. The van der Waals surface area contributed by atoms with Gasteiger partial charge in [0.05, 0.1) is 19.2 Å². The summed E-state index contributed by atoms with van der Waals surface area (Å²) in [4.78, 5) is 17.5. The molecule has 0 saturated carbocycles. The van der Waals surface area contributed by atoms with E-state index in [-0.39, 0.29) is 5.97 Å². The van der Waals surface area contributed by atoms with Crippen LogP contribution in [0.25, 0.3) is 0 Å². The Morgan fingerprint density at radius 3 is 2.89 bits per heavy atom. The Bertz CT molecular complexity index is 566. The number of carbonyl (C=O) groups excluding carboxylic acids is 1. The highest BCUT2D eigenvalue weighted by atomic mass is 32.1. The summed E-state index contributed by atoms with van der Waals surface area (Å²) in [6.07, 6.45) is 3.97. The number of aryl methyl sites for hydroxylation is 1. The molecule has 0 aliphatic rings. The number of rotatable bonds is 5. The van der Waals surface area contributed by atoms with E-state index in [4.69, 9.17) is 0 Å². The summed E-state index contributed by atoms with van der Waals surface area (Å²) in [5.74, 6) is -0.204. The van der Waals surface area contributed by atoms with Crippen LogP contribution in [0.5, 0.6) is 0 Å². The van der Waals surface area contributed by atoms with Crippen molar-refractivity contribution in [2.45, 2.75) is 19.9 Å². The predicted molar refractivity (Wildman–Crippen MR) is 76.3 cm³/mol. The van der Waals surface area contributed by atoms with E-state index in [9.17, 15) is 4.79 Å². The molecular formula is C14H16N2O2S. The quantitative estimate of drug-likeness (QED) is 0.853. The third-order valence-corrected chi connectivity index (χ3v) is 3.69. The lowest BCUT2D eigenvalue weighted by molar-refractivity contribution is -0.139. The Hall–Kier alpha value is -1.88. The molecule has 0 saturated heterocycles. The molecule has 4 nitrogen and oxygen atoms in total. The van der Waals surface area contributed by atoms with Crippen molar-refractivity contribution in [3.8, 4) is 0 Å². The van der Waals surface area contributed by atoms with Crippen LogP contribution in [-0.4, -0.2) is 18.1 Å². The largest absolute Gasteiger partial charge is 0.469 e. The van der Waals surface area contributed by atoms with Gasteiger partial charge in [0.1, 0.15) is 0 Å². The molecule has 2 aromatic rings. The van der Waals surface area contributed by atoms with Gasteiger partial charge in [-0.15, -0.1) is 11.3 Å². The first-order valence-electron chi connectivity index (χ1n) is 5.97. The van der Waals surface area contributed by atoms with Gasteiger partial charge in [0.2, 0.25) is 0 Å². The Balaban J connectivity index is 1.91. The summed E-state index contributed by atoms with van der Waals surface area (Å²) in [6.45, 7) is 2.74. The molecule has 19 heavy (non-hydrogen) atoms. The van der Waals surface area contributed by atoms with Gasteiger partial charge in [-0.1, -0.05) is 0 Å². The topological polar surface area (TPSA) is 51.2 Å². The molecule has 0 fully saturated rings. The molecule has 2 heterocycles. The van der Waals surface area contributed by atoms with Crippen LogP contribution < -0.4 is 5.32 Å². The minimum Gasteiger partial charge on any atom is -0.469 e. The highest BCUT2D eigenvalue weighted by molar-refractivity contribution is 7.12.